The molecule has 0 aliphatic carbocycles. The number of nitrogens with one attached hydrogen (secondary N) is 2. The number of anilines is 2. The summed E-state index contributed by atoms with van der Waals surface area (Å²) in [6.07, 6.45) is 0.974. The summed E-state index contributed by atoms with van der Waals surface area (Å²) in [5.41, 5.74) is 3.10. The molecule has 128 valence electrons. The van der Waals surface area contributed by atoms with Crippen molar-refractivity contribution in [1.82, 2.24) is 14.9 Å². The number of likely N-dealkylation sites (N-methyl/N-ethyl adjacent to an activating group) is 1. The molecule has 0 saturated carbocycles. The molecule has 0 aliphatic rings. The maximum absolute atomic E-state index is 12.4. The minimum Gasteiger partial charge on any atom is -0.353 e. The Morgan fingerprint density at radius 2 is 1.88 bits per heavy atom. The van der Waals surface area contributed by atoms with E-state index in [1.807, 2.05) is 45.3 Å². The predicted octanol–water partition coefficient (Wildman–Crippen LogP) is 2.57. The summed E-state index contributed by atoms with van der Waals surface area (Å²) in [5, 5.41) is 6.02. The lowest BCUT2D eigenvalue weighted by molar-refractivity contribution is 0.102. The number of carbonyl (C=O) groups is 1. The molecule has 0 unspecified atom stereocenters. The van der Waals surface area contributed by atoms with Gasteiger partial charge in [-0.2, -0.15) is 0 Å². The summed E-state index contributed by atoms with van der Waals surface area (Å²) in [6, 6.07) is 9.51. The van der Waals surface area contributed by atoms with Crippen LogP contribution < -0.4 is 10.6 Å². The number of aryl methyl sites for hydroxylation is 2. The number of hydrogen-bond donors (Lipinski definition) is 2. The van der Waals surface area contributed by atoms with Crippen LogP contribution in [0.1, 0.15) is 28.7 Å². The second kappa shape index (κ2) is 8.40. The summed E-state index contributed by atoms with van der Waals surface area (Å²) in [4.78, 5) is 23.1. The molecule has 0 bridgehead atoms. The van der Waals surface area contributed by atoms with E-state index in [0.29, 0.717) is 11.6 Å². The zero-order chi connectivity index (χ0) is 17.5. The van der Waals surface area contributed by atoms with E-state index in [0.717, 1.165) is 30.9 Å². The molecule has 0 atom stereocenters. The van der Waals surface area contributed by atoms with E-state index in [-0.39, 0.29) is 5.91 Å². The quantitative estimate of drug-likeness (QED) is 0.818. The zero-order valence-electron chi connectivity index (χ0n) is 14.8. The van der Waals surface area contributed by atoms with Gasteiger partial charge in [0.25, 0.3) is 5.91 Å². The number of hydrogen-bond acceptors (Lipinski definition) is 5. The molecule has 1 amide bonds. The molecular weight excluding hydrogens is 302 g/mol. The van der Waals surface area contributed by atoms with Gasteiger partial charge in [0.15, 0.2) is 0 Å². The fraction of sp³-hybridized carbons (Fsp3) is 0.389. The Bertz CT molecular complexity index is 682. The number of aromatic nitrogens is 2. The number of rotatable bonds is 7. The average molecular weight is 327 g/mol. The van der Waals surface area contributed by atoms with Crippen molar-refractivity contribution < 1.29 is 4.79 Å². The van der Waals surface area contributed by atoms with Gasteiger partial charge in [-0.1, -0.05) is 19.1 Å². The van der Waals surface area contributed by atoms with Crippen molar-refractivity contribution in [1.29, 1.82) is 0 Å². The van der Waals surface area contributed by atoms with Crippen molar-refractivity contribution in [3.63, 3.8) is 0 Å². The van der Waals surface area contributed by atoms with Crippen molar-refractivity contribution in [2.24, 2.45) is 0 Å². The molecule has 1 aromatic heterocycles. The monoisotopic (exact) mass is 327 g/mol. The molecular formula is C18H25N5O. The summed E-state index contributed by atoms with van der Waals surface area (Å²) in [6.45, 7) is 5.53. The van der Waals surface area contributed by atoms with Gasteiger partial charge in [-0.3, -0.25) is 4.79 Å². The standard InChI is InChI=1S/C18H25N5O/c1-5-14-6-8-15(9-7-14)21-17(24)16-12-13(2)20-18(22-16)19-10-11-23(3)4/h6-9,12H,5,10-11H2,1-4H3,(H,21,24)(H,19,20,22). The SMILES string of the molecule is CCc1ccc(NC(=O)c2cc(C)nc(NCCN(C)C)n2)cc1. The highest BCUT2D eigenvalue weighted by Crippen LogP contribution is 2.12. The van der Waals surface area contributed by atoms with Gasteiger partial charge in [0.2, 0.25) is 5.95 Å². The lowest BCUT2D eigenvalue weighted by Crippen LogP contribution is -2.22. The van der Waals surface area contributed by atoms with Crippen LogP contribution >= 0.6 is 0 Å². The Labute approximate surface area is 143 Å². The maximum Gasteiger partial charge on any atom is 0.274 e. The van der Waals surface area contributed by atoms with Crippen molar-refractivity contribution in [2.75, 3.05) is 37.8 Å². The van der Waals surface area contributed by atoms with Gasteiger partial charge in [0, 0.05) is 24.5 Å². The van der Waals surface area contributed by atoms with E-state index >= 15 is 0 Å². The van der Waals surface area contributed by atoms with E-state index in [4.69, 9.17) is 0 Å². The molecule has 6 heteroatoms. The second-order valence-corrected chi connectivity index (χ2v) is 5.95. The first-order valence-corrected chi connectivity index (χ1v) is 8.12. The van der Waals surface area contributed by atoms with E-state index < -0.39 is 0 Å². The topological polar surface area (TPSA) is 70.2 Å². The summed E-state index contributed by atoms with van der Waals surface area (Å²) in [5.74, 6) is 0.240. The van der Waals surface area contributed by atoms with Crippen LogP contribution in [0.5, 0.6) is 0 Å². The van der Waals surface area contributed by atoms with Gasteiger partial charge in [0.1, 0.15) is 5.69 Å². The average Bonchev–Trinajstić information content (AvgIpc) is 2.54. The molecule has 2 rings (SSSR count). The van der Waals surface area contributed by atoms with E-state index in [1.54, 1.807) is 6.07 Å². The van der Waals surface area contributed by atoms with Crippen molar-refractivity contribution in [2.45, 2.75) is 20.3 Å². The smallest absolute Gasteiger partial charge is 0.274 e. The minimum atomic E-state index is -0.236. The van der Waals surface area contributed by atoms with Gasteiger partial charge in [-0.15, -0.1) is 0 Å². The van der Waals surface area contributed by atoms with E-state index in [2.05, 4.69) is 32.4 Å². The largest absolute Gasteiger partial charge is 0.353 e. The molecule has 24 heavy (non-hydrogen) atoms. The first-order valence-electron chi connectivity index (χ1n) is 8.12. The van der Waals surface area contributed by atoms with Crippen molar-refractivity contribution in [3.05, 3.63) is 47.3 Å². The van der Waals surface area contributed by atoms with Gasteiger partial charge in [-0.25, -0.2) is 9.97 Å². The fourth-order valence-electron chi connectivity index (χ4n) is 2.17. The van der Waals surface area contributed by atoms with Crippen molar-refractivity contribution >= 4 is 17.5 Å². The lowest BCUT2D eigenvalue weighted by atomic mass is 10.1. The third kappa shape index (κ3) is 5.31. The van der Waals surface area contributed by atoms with Crippen molar-refractivity contribution in [3.8, 4) is 0 Å². The molecule has 0 fully saturated rings. The molecule has 0 radical (unpaired) electrons. The number of nitrogens with zero attached hydrogens (tertiary/aromatic N) is 3. The molecule has 1 aromatic carbocycles. The molecule has 0 aliphatic heterocycles. The molecule has 6 nitrogen and oxygen atoms in total. The van der Waals surface area contributed by atoms with Crippen LogP contribution in [0.3, 0.4) is 0 Å². The Balaban J connectivity index is 2.06. The van der Waals surface area contributed by atoms with Gasteiger partial charge in [-0.05, 0) is 51.2 Å². The Kier molecular flexibility index (Phi) is 6.26. The van der Waals surface area contributed by atoms with Crippen LogP contribution in [0.15, 0.2) is 30.3 Å². The first-order chi connectivity index (χ1) is 11.5. The fourth-order valence-corrected chi connectivity index (χ4v) is 2.17. The number of amides is 1. The Morgan fingerprint density at radius 3 is 2.50 bits per heavy atom. The number of carbonyl (C=O) groups excluding carboxylic acids is 1. The van der Waals surface area contributed by atoms with Gasteiger partial charge in [0.05, 0.1) is 0 Å². The third-order valence-corrected chi connectivity index (χ3v) is 3.55. The van der Waals surface area contributed by atoms with E-state index in [9.17, 15) is 4.79 Å². The molecule has 2 N–H and O–H groups in total. The van der Waals surface area contributed by atoms with Crippen LogP contribution in [-0.2, 0) is 6.42 Å². The van der Waals surface area contributed by atoms with Crippen LogP contribution in [0, 0.1) is 6.92 Å². The minimum absolute atomic E-state index is 0.236. The summed E-state index contributed by atoms with van der Waals surface area (Å²) < 4.78 is 0. The van der Waals surface area contributed by atoms with Crippen LogP contribution in [0.2, 0.25) is 0 Å². The summed E-state index contributed by atoms with van der Waals surface area (Å²) >= 11 is 0. The van der Waals surface area contributed by atoms with Crippen LogP contribution in [0.4, 0.5) is 11.6 Å². The van der Waals surface area contributed by atoms with E-state index in [1.165, 1.54) is 5.56 Å². The predicted molar refractivity (Wildman–Crippen MR) is 97.6 cm³/mol. The van der Waals surface area contributed by atoms with Crippen LogP contribution in [-0.4, -0.2) is 48.0 Å². The highest BCUT2D eigenvalue weighted by Gasteiger charge is 2.11. The van der Waals surface area contributed by atoms with Gasteiger partial charge < -0.3 is 15.5 Å². The Hall–Kier alpha value is -2.47. The molecule has 0 spiro atoms. The highest BCUT2D eigenvalue weighted by atomic mass is 16.1. The molecule has 2 aromatic rings. The normalized spacial score (nSPS) is 10.7. The second-order valence-electron chi connectivity index (χ2n) is 5.95. The molecule has 1 heterocycles. The number of benzene rings is 1. The first kappa shape index (κ1) is 17.9. The Morgan fingerprint density at radius 1 is 1.17 bits per heavy atom. The molecule has 0 saturated heterocycles. The highest BCUT2D eigenvalue weighted by molar-refractivity contribution is 6.03. The van der Waals surface area contributed by atoms with Crippen LogP contribution in [0.25, 0.3) is 0 Å². The third-order valence-electron chi connectivity index (χ3n) is 3.55. The maximum atomic E-state index is 12.4. The zero-order valence-corrected chi connectivity index (χ0v) is 14.8. The van der Waals surface area contributed by atoms with Gasteiger partial charge >= 0.3 is 0 Å². The lowest BCUT2D eigenvalue weighted by Gasteiger charge is -2.11. The summed E-state index contributed by atoms with van der Waals surface area (Å²) in [7, 11) is 4.00.